The Labute approximate surface area is 111 Å². The van der Waals surface area contributed by atoms with Gasteiger partial charge in [0.2, 0.25) is 0 Å². The van der Waals surface area contributed by atoms with E-state index in [9.17, 15) is 23.4 Å². The van der Waals surface area contributed by atoms with Crippen LogP contribution >= 0.6 is 0 Å². The van der Waals surface area contributed by atoms with Crippen LogP contribution < -0.4 is 5.32 Å². The lowest BCUT2D eigenvalue weighted by Gasteiger charge is -2.23. The molecule has 0 aliphatic carbocycles. The molecule has 2 rings (SSSR count). The minimum atomic E-state index is -3.10. The molecule has 1 unspecified atom stereocenters. The van der Waals surface area contributed by atoms with Crippen molar-refractivity contribution in [3.05, 3.63) is 23.8 Å². The maximum atomic E-state index is 11.9. The zero-order valence-corrected chi connectivity index (χ0v) is 11.0. The van der Waals surface area contributed by atoms with E-state index in [-0.39, 0.29) is 28.6 Å². The Morgan fingerprint density at radius 1 is 1.32 bits per heavy atom. The van der Waals surface area contributed by atoms with Gasteiger partial charge in [0.25, 0.3) is 5.91 Å². The molecule has 1 saturated heterocycles. The van der Waals surface area contributed by atoms with Crippen LogP contribution in [0, 0.1) is 0 Å². The molecule has 0 saturated carbocycles. The lowest BCUT2D eigenvalue weighted by atomic mass is 10.1. The monoisotopic (exact) mass is 285 g/mol. The van der Waals surface area contributed by atoms with Crippen molar-refractivity contribution in [3.8, 4) is 11.5 Å². The predicted octanol–water partition coefficient (Wildman–Crippen LogP) is 0.405. The molecule has 1 aliphatic heterocycles. The van der Waals surface area contributed by atoms with Crippen molar-refractivity contribution in [1.29, 1.82) is 0 Å². The van der Waals surface area contributed by atoms with Gasteiger partial charge in [-0.05, 0) is 31.0 Å². The summed E-state index contributed by atoms with van der Waals surface area (Å²) >= 11 is 0. The summed E-state index contributed by atoms with van der Waals surface area (Å²) in [4.78, 5) is 11.9. The van der Waals surface area contributed by atoms with E-state index >= 15 is 0 Å². The summed E-state index contributed by atoms with van der Waals surface area (Å²) in [6.45, 7) is 0. The molecule has 1 fully saturated rings. The molecule has 1 aromatic rings. The summed E-state index contributed by atoms with van der Waals surface area (Å²) in [5, 5.41) is 21.4. The Balaban J connectivity index is 2.11. The first kappa shape index (κ1) is 13.7. The fraction of sp³-hybridized carbons (Fsp3) is 0.417. The number of nitrogens with one attached hydrogen (secondary N) is 1. The third-order valence-corrected chi connectivity index (χ3v) is 4.84. The molecule has 104 valence electrons. The molecule has 0 aromatic heterocycles. The van der Waals surface area contributed by atoms with E-state index in [1.165, 1.54) is 12.1 Å². The number of aromatic hydroxyl groups is 2. The topological polar surface area (TPSA) is 104 Å². The Kier molecular flexibility index (Phi) is 3.66. The van der Waals surface area contributed by atoms with Gasteiger partial charge in [0.15, 0.2) is 9.84 Å². The summed E-state index contributed by atoms with van der Waals surface area (Å²) in [6, 6.07) is 3.16. The van der Waals surface area contributed by atoms with Crippen LogP contribution in [0.1, 0.15) is 23.2 Å². The van der Waals surface area contributed by atoms with E-state index < -0.39 is 21.8 Å². The number of rotatable bonds is 2. The lowest BCUT2D eigenvalue weighted by Crippen LogP contribution is -2.43. The van der Waals surface area contributed by atoms with E-state index in [2.05, 4.69) is 5.32 Å². The van der Waals surface area contributed by atoms with Gasteiger partial charge in [-0.15, -0.1) is 0 Å². The first-order valence-corrected chi connectivity index (χ1v) is 7.73. The number of carbonyl (C=O) groups excluding carboxylic acids is 1. The molecule has 1 atom stereocenters. The first-order valence-electron chi connectivity index (χ1n) is 5.91. The highest BCUT2D eigenvalue weighted by atomic mass is 32.2. The molecule has 1 amide bonds. The molecular weight excluding hydrogens is 270 g/mol. The van der Waals surface area contributed by atoms with Crippen molar-refractivity contribution in [3.63, 3.8) is 0 Å². The van der Waals surface area contributed by atoms with Crippen molar-refractivity contribution in [2.75, 3.05) is 11.5 Å². The van der Waals surface area contributed by atoms with Crippen molar-refractivity contribution < 1.29 is 23.4 Å². The van der Waals surface area contributed by atoms with Gasteiger partial charge in [0.1, 0.15) is 11.5 Å². The average molecular weight is 285 g/mol. The molecule has 7 heteroatoms. The fourth-order valence-corrected chi connectivity index (χ4v) is 3.74. The van der Waals surface area contributed by atoms with E-state index in [1.54, 1.807) is 0 Å². The normalized spacial score (nSPS) is 21.8. The zero-order valence-electron chi connectivity index (χ0n) is 10.2. The van der Waals surface area contributed by atoms with E-state index in [4.69, 9.17) is 0 Å². The van der Waals surface area contributed by atoms with Crippen LogP contribution in [0.2, 0.25) is 0 Å². The highest BCUT2D eigenvalue weighted by Crippen LogP contribution is 2.22. The second-order valence-electron chi connectivity index (χ2n) is 4.63. The molecule has 1 aromatic carbocycles. The van der Waals surface area contributed by atoms with Gasteiger partial charge >= 0.3 is 0 Å². The smallest absolute Gasteiger partial charge is 0.255 e. The molecule has 0 spiro atoms. The summed E-state index contributed by atoms with van der Waals surface area (Å²) in [5.74, 6) is -0.918. The van der Waals surface area contributed by atoms with Crippen LogP contribution in [0.4, 0.5) is 0 Å². The number of benzene rings is 1. The number of carbonyl (C=O) groups is 1. The molecule has 6 nitrogen and oxygen atoms in total. The van der Waals surface area contributed by atoms with Gasteiger partial charge in [-0.25, -0.2) is 8.42 Å². The molecule has 1 heterocycles. The number of amides is 1. The zero-order chi connectivity index (χ0) is 14.0. The lowest BCUT2D eigenvalue weighted by molar-refractivity contribution is 0.0935. The Morgan fingerprint density at radius 2 is 2.05 bits per heavy atom. The standard InChI is InChI=1S/C12H15NO5S/c14-9-3-4-11(15)10(6-9)12(16)13-8-2-1-5-19(17,18)7-8/h3-4,6,8,14-15H,1-2,5,7H2,(H,13,16). The second-order valence-corrected chi connectivity index (χ2v) is 6.86. The molecule has 3 N–H and O–H groups in total. The Hall–Kier alpha value is -1.76. The van der Waals surface area contributed by atoms with Crippen LogP contribution in [0.3, 0.4) is 0 Å². The van der Waals surface area contributed by atoms with Crippen molar-refractivity contribution >= 4 is 15.7 Å². The van der Waals surface area contributed by atoms with Crippen LogP contribution in [0.25, 0.3) is 0 Å². The molecule has 1 aliphatic rings. The summed E-state index contributed by atoms with van der Waals surface area (Å²) in [5.41, 5.74) is -0.0667. The fourth-order valence-electron chi connectivity index (χ4n) is 2.11. The third kappa shape index (κ3) is 3.37. The molecular formula is C12H15NO5S. The second kappa shape index (κ2) is 5.08. The van der Waals surface area contributed by atoms with Crippen molar-refractivity contribution in [2.45, 2.75) is 18.9 Å². The van der Waals surface area contributed by atoms with E-state index in [0.717, 1.165) is 6.07 Å². The highest BCUT2D eigenvalue weighted by molar-refractivity contribution is 7.91. The van der Waals surface area contributed by atoms with E-state index in [1.807, 2.05) is 0 Å². The highest BCUT2D eigenvalue weighted by Gasteiger charge is 2.26. The van der Waals surface area contributed by atoms with Gasteiger partial charge in [-0.3, -0.25) is 4.79 Å². The maximum absolute atomic E-state index is 11.9. The third-order valence-electron chi connectivity index (χ3n) is 3.02. The maximum Gasteiger partial charge on any atom is 0.255 e. The summed E-state index contributed by atoms with van der Waals surface area (Å²) in [6.07, 6.45) is 1.10. The van der Waals surface area contributed by atoms with Crippen LogP contribution in [-0.4, -0.2) is 42.1 Å². The van der Waals surface area contributed by atoms with Gasteiger partial charge in [0.05, 0.1) is 17.1 Å². The number of phenolic OH excluding ortho intramolecular Hbond substituents is 2. The van der Waals surface area contributed by atoms with Gasteiger partial charge in [-0.1, -0.05) is 0 Å². The van der Waals surface area contributed by atoms with Crippen LogP contribution in [0.15, 0.2) is 18.2 Å². The van der Waals surface area contributed by atoms with Crippen LogP contribution in [-0.2, 0) is 9.84 Å². The Morgan fingerprint density at radius 3 is 2.74 bits per heavy atom. The summed E-state index contributed by atoms with van der Waals surface area (Å²) < 4.78 is 22.9. The largest absolute Gasteiger partial charge is 0.508 e. The molecule has 0 radical (unpaired) electrons. The van der Waals surface area contributed by atoms with Crippen LogP contribution in [0.5, 0.6) is 11.5 Å². The number of phenols is 2. The van der Waals surface area contributed by atoms with Gasteiger partial charge in [-0.2, -0.15) is 0 Å². The molecule has 0 bridgehead atoms. The van der Waals surface area contributed by atoms with Crippen molar-refractivity contribution in [1.82, 2.24) is 5.32 Å². The van der Waals surface area contributed by atoms with E-state index in [0.29, 0.717) is 12.8 Å². The number of hydrogen-bond donors (Lipinski definition) is 3. The molecule has 19 heavy (non-hydrogen) atoms. The van der Waals surface area contributed by atoms with Crippen molar-refractivity contribution in [2.24, 2.45) is 0 Å². The SMILES string of the molecule is O=C(NC1CCCS(=O)(=O)C1)c1cc(O)ccc1O. The average Bonchev–Trinajstić information content (AvgIpc) is 2.31. The summed E-state index contributed by atoms with van der Waals surface area (Å²) in [7, 11) is -3.10. The predicted molar refractivity (Wildman–Crippen MR) is 68.9 cm³/mol. The Bertz CT molecular complexity index is 596. The number of hydrogen-bond acceptors (Lipinski definition) is 5. The van der Waals surface area contributed by atoms with Gasteiger partial charge in [0, 0.05) is 6.04 Å². The number of sulfone groups is 1. The minimum absolute atomic E-state index is 0.0667. The first-order chi connectivity index (χ1) is 8.87. The minimum Gasteiger partial charge on any atom is -0.508 e. The quantitative estimate of drug-likeness (QED) is 0.683. The van der Waals surface area contributed by atoms with Gasteiger partial charge < -0.3 is 15.5 Å².